The molecule has 1 aromatic rings. The first-order valence-corrected chi connectivity index (χ1v) is 5.98. The van der Waals surface area contributed by atoms with Gasteiger partial charge in [0.25, 0.3) is 0 Å². The average molecular weight is 206 g/mol. The molecule has 0 saturated carbocycles. The third kappa shape index (κ3) is 4.98. The molecule has 0 spiro atoms. The van der Waals surface area contributed by atoms with E-state index in [9.17, 15) is 0 Å². The van der Waals surface area contributed by atoms with Gasteiger partial charge in [-0.3, -0.25) is 0 Å². The van der Waals surface area contributed by atoms with Crippen LogP contribution in [0.15, 0.2) is 30.3 Å². The molecule has 0 radical (unpaired) electrons. The molecule has 0 unspecified atom stereocenters. The van der Waals surface area contributed by atoms with E-state index in [-0.39, 0.29) is 0 Å². The van der Waals surface area contributed by atoms with Crippen LogP contribution < -0.4 is 0 Å². The van der Waals surface area contributed by atoms with Crippen LogP contribution in [0.2, 0.25) is 0 Å². The number of ether oxygens (including phenoxy) is 1. The molecule has 0 heterocycles. The summed E-state index contributed by atoms with van der Waals surface area (Å²) in [4.78, 5) is 0. The van der Waals surface area contributed by atoms with Crippen molar-refractivity contribution in [3.8, 4) is 0 Å². The fourth-order valence-corrected chi connectivity index (χ4v) is 1.71. The second-order valence-corrected chi connectivity index (χ2v) is 4.01. The molecule has 1 heteroatoms. The first-order chi connectivity index (χ1) is 7.36. The highest BCUT2D eigenvalue weighted by Crippen LogP contribution is 2.12. The van der Waals surface area contributed by atoms with Gasteiger partial charge in [-0.15, -0.1) is 0 Å². The van der Waals surface area contributed by atoms with Crippen molar-refractivity contribution in [1.82, 2.24) is 0 Å². The van der Waals surface area contributed by atoms with E-state index in [2.05, 4.69) is 38.1 Å². The molecule has 0 aliphatic carbocycles. The van der Waals surface area contributed by atoms with Gasteiger partial charge >= 0.3 is 0 Å². The second-order valence-electron chi connectivity index (χ2n) is 4.01. The Morgan fingerprint density at radius 2 is 1.73 bits per heavy atom. The summed E-state index contributed by atoms with van der Waals surface area (Å²) in [5.74, 6) is 0.834. The van der Waals surface area contributed by atoms with Crippen LogP contribution in [-0.4, -0.2) is 6.61 Å². The van der Waals surface area contributed by atoms with Gasteiger partial charge < -0.3 is 4.74 Å². The van der Waals surface area contributed by atoms with E-state index in [0.29, 0.717) is 0 Å². The predicted octanol–water partition coefficient (Wildman–Crippen LogP) is 4.03. The van der Waals surface area contributed by atoms with Gasteiger partial charge in [0.2, 0.25) is 0 Å². The molecule has 0 atom stereocenters. The number of hydrogen-bond donors (Lipinski definition) is 0. The van der Waals surface area contributed by atoms with Gasteiger partial charge in [-0.2, -0.15) is 0 Å². The fraction of sp³-hybridized carbons (Fsp3) is 0.571. The molecule has 84 valence electrons. The molecule has 0 N–H and O–H groups in total. The Hall–Kier alpha value is -0.820. The molecule has 15 heavy (non-hydrogen) atoms. The lowest BCUT2D eigenvalue weighted by Crippen LogP contribution is -2.03. The minimum absolute atomic E-state index is 0.751. The van der Waals surface area contributed by atoms with Gasteiger partial charge in [-0.25, -0.2) is 0 Å². The van der Waals surface area contributed by atoms with Gasteiger partial charge in [-0.1, -0.05) is 57.0 Å². The standard InChI is InChI=1S/C14H22O/c1-3-13(4-2)10-11-15-12-14-8-6-5-7-9-14/h5-9,13H,3-4,10-12H2,1-2H3. The summed E-state index contributed by atoms with van der Waals surface area (Å²) in [7, 11) is 0. The second kappa shape index (κ2) is 7.47. The minimum Gasteiger partial charge on any atom is -0.377 e. The van der Waals surface area contributed by atoms with Crippen molar-refractivity contribution in [3.63, 3.8) is 0 Å². The SMILES string of the molecule is CCC(CC)CCOCc1ccccc1. The molecule has 0 aliphatic rings. The van der Waals surface area contributed by atoms with Gasteiger partial charge in [0.1, 0.15) is 0 Å². The van der Waals surface area contributed by atoms with Crippen LogP contribution in [0.3, 0.4) is 0 Å². The van der Waals surface area contributed by atoms with Crippen molar-refractivity contribution in [2.24, 2.45) is 5.92 Å². The van der Waals surface area contributed by atoms with E-state index in [1.54, 1.807) is 0 Å². The molecule has 1 nitrogen and oxygen atoms in total. The largest absolute Gasteiger partial charge is 0.377 e. The van der Waals surface area contributed by atoms with Gasteiger partial charge in [0, 0.05) is 6.61 Å². The summed E-state index contributed by atoms with van der Waals surface area (Å²) >= 11 is 0. The maximum atomic E-state index is 5.65. The highest BCUT2D eigenvalue weighted by Gasteiger charge is 2.02. The Bertz CT molecular complexity index is 239. The van der Waals surface area contributed by atoms with Crippen molar-refractivity contribution >= 4 is 0 Å². The first-order valence-electron chi connectivity index (χ1n) is 5.98. The van der Waals surface area contributed by atoms with Crippen molar-refractivity contribution < 1.29 is 4.74 Å². The Balaban J connectivity index is 2.12. The number of benzene rings is 1. The minimum atomic E-state index is 0.751. The molecule has 0 aromatic heterocycles. The summed E-state index contributed by atoms with van der Waals surface area (Å²) in [6.45, 7) is 6.15. The smallest absolute Gasteiger partial charge is 0.0716 e. The van der Waals surface area contributed by atoms with Crippen molar-refractivity contribution in [1.29, 1.82) is 0 Å². The van der Waals surface area contributed by atoms with Crippen molar-refractivity contribution in [2.45, 2.75) is 39.7 Å². The van der Waals surface area contributed by atoms with E-state index < -0.39 is 0 Å². The van der Waals surface area contributed by atoms with Crippen LogP contribution in [0.5, 0.6) is 0 Å². The molecule has 0 saturated heterocycles. The first kappa shape index (κ1) is 12.3. The average Bonchev–Trinajstić information content (AvgIpc) is 2.31. The Kier molecular flexibility index (Phi) is 6.10. The number of hydrogen-bond acceptors (Lipinski definition) is 1. The summed E-state index contributed by atoms with van der Waals surface area (Å²) < 4.78 is 5.65. The predicted molar refractivity (Wildman–Crippen MR) is 64.8 cm³/mol. The van der Waals surface area contributed by atoms with Gasteiger partial charge in [-0.05, 0) is 17.9 Å². The zero-order valence-electron chi connectivity index (χ0n) is 9.91. The fourth-order valence-electron chi connectivity index (χ4n) is 1.71. The molecule has 0 amide bonds. The third-order valence-corrected chi connectivity index (χ3v) is 2.94. The van der Waals surface area contributed by atoms with Crippen molar-refractivity contribution in [2.75, 3.05) is 6.61 Å². The van der Waals surface area contributed by atoms with Gasteiger partial charge in [0.15, 0.2) is 0 Å². The van der Waals surface area contributed by atoms with E-state index >= 15 is 0 Å². The van der Waals surface area contributed by atoms with Crippen LogP contribution >= 0.6 is 0 Å². The lowest BCUT2D eigenvalue weighted by atomic mass is 10.0. The van der Waals surface area contributed by atoms with E-state index in [1.165, 1.54) is 24.8 Å². The third-order valence-electron chi connectivity index (χ3n) is 2.94. The van der Waals surface area contributed by atoms with E-state index in [1.807, 2.05) is 6.07 Å². The van der Waals surface area contributed by atoms with Gasteiger partial charge in [0.05, 0.1) is 6.61 Å². The molecular formula is C14H22O. The summed E-state index contributed by atoms with van der Waals surface area (Å²) in [6, 6.07) is 10.4. The zero-order valence-corrected chi connectivity index (χ0v) is 9.91. The Labute approximate surface area is 93.5 Å². The topological polar surface area (TPSA) is 9.23 Å². The summed E-state index contributed by atoms with van der Waals surface area (Å²) in [5, 5.41) is 0. The lowest BCUT2D eigenvalue weighted by molar-refractivity contribution is 0.106. The summed E-state index contributed by atoms with van der Waals surface area (Å²) in [6.07, 6.45) is 3.73. The maximum absolute atomic E-state index is 5.65. The molecule has 1 rings (SSSR count). The highest BCUT2D eigenvalue weighted by atomic mass is 16.5. The monoisotopic (exact) mass is 206 g/mol. The molecule has 0 fully saturated rings. The van der Waals surface area contributed by atoms with Crippen LogP contribution in [-0.2, 0) is 11.3 Å². The maximum Gasteiger partial charge on any atom is 0.0716 e. The number of rotatable bonds is 7. The van der Waals surface area contributed by atoms with E-state index in [4.69, 9.17) is 4.74 Å². The zero-order chi connectivity index (χ0) is 10.9. The van der Waals surface area contributed by atoms with E-state index in [0.717, 1.165) is 19.1 Å². The van der Waals surface area contributed by atoms with Crippen LogP contribution in [0.4, 0.5) is 0 Å². The summed E-state index contributed by atoms with van der Waals surface area (Å²) in [5.41, 5.74) is 1.27. The quantitative estimate of drug-likeness (QED) is 0.612. The molecular weight excluding hydrogens is 184 g/mol. The molecule has 1 aromatic carbocycles. The lowest BCUT2D eigenvalue weighted by Gasteiger charge is -2.11. The molecule has 0 bridgehead atoms. The van der Waals surface area contributed by atoms with Crippen LogP contribution in [0.25, 0.3) is 0 Å². The normalized spacial score (nSPS) is 10.9. The highest BCUT2D eigenvalue weighted by molar-refractivity contribution is 5.13. The van der Waals surface area contributed by atoms with Crippen LogP contribution in [0.1, 0.15) is 38.7 Å². The molecule has 0 aliphatic heterocycles. The Morgan fingerprint density at radius 1 is 1.07 bits per heavy atom. The van der Waals surface area contributed by atoms with Crippen LogP contribution in [0, 0.1) is 5.92 Å². The van der Waals surface area contributed by atoms with Crippen molar-refractivity contribution in [3.05, 3.63) is 35.9 Å². The Morgan fingerprint density at radius 3 is 2.33 bits per heavy atom.